The zero-order valence-corrected chi connectivity index (χ0v) is 12.1. The summed E-state index contributed by atoms with van der Waals surface area (Å²) in [7, 11) is 3.24. The van der Waals surface area contributed by atoms with Crippen LogP contribution < -0.4 is 9.47 Å². The molecule has 1 fully saturated rings. The third kappa shape index (κ3) is 3.87. The first kappa shape index (κ1) is 14.7. The van der Waals surface area contributed by atoms with E-state index in [1.54, 1.807) is 14.2 Å². The molecule has 0 unspecified atom stereocenters. The van der Waals surface area contributed by atoms with Gasteiger partial charge in [0.1, 0.15) is 11.5 Å². The number of aryl methyl sites for hydroxylation is 1. The second-order valence-corrected chi connectivity index (χ2v) is 4.71. The third-order valence-electron chi connectivity index (χ3n) is 3.40. The molecule has 1 heterocycles. The van der Waals surface area contributed by atoms with Gasteiger partial charge in [0.05, 0.1) is 27.4 Å². The predicted molar refractivity (Wildman–Crippen MR) is 75.3 cm³/mol. The third-order valence-corrected chi connectivity index (χ3v) is 3.40. The Kier molecular flexibility index (Phi) is 5.24. The van der Waals surface area contributed by atoms with Crippen molar-refractivity contribution in [1.29, 1.82) is 0 Å². The normalized spacial score (nSPS) is 15.0. The summed E-state index contributed by atoms with van der Waals surface area (Å²) in [5.41, 5.74) is 1.04. The van der Waals surface area contributed by atoms with Gasteiger partial charge < -0.3 is 19.1 Å². The van der Waals surface area contributed by atoms with Crippen LogP contribution in [0.15, 0.2) is 18.2 Å². The van der Waals surface area contributed by atoms with Gasteiger partial charge in [0, 0.05) is 25.6 Å². The van der Waals surface area contributed by atoms with Gasteiger partial charge in [-0.15, -0.1) is 0 Å². The minimum atomic E-state index is 0.176. The molecule has 0 atom stereocenters. The fourth-order valence-electron chi connectivity index (χ4n) is 2.23. The number of rotatable bonds is 5. The monoisotopic (exact) mass is 279 g/mol. The van der Waals surface area contributed by atoms with E-state index in [4.69, 9.17) is 14.2 Å². The Morgan fingerprint density at radius 3 is 2.30 bits per heavy atom. The molecule has 1 aliphatic rings. The number of morpholine rings is 1. The van der Waals surface area contributed by atoms with E-state index in [0.29, 0.717) is 39.1 Å². The molecular weight excluding hydrogens is 258 g/mol. The van der Waals surface area contributed by atoms with Crippen molar-refractivity contribution >= 4 is 5.91 Å². The number of methoxy groups -OCH3 is 2. The highest BCUT2D eigenvalue weighted by Crippen LogP contribution is 2.23. The van der Waals surface area contributed by atoms with E-state index in [9.17, 15) is 4.79 Å². The predicted octanol–water partition coefficient (Wildman–Crippen LogP) is 1.50. The quantitative estimate of drug-likeness (QED) is 0.819. The number of ether oxygens (including phenoxy) is 3. The molecule has 0 aliphatic carbocycles. The average Bonchev–Trinajstić information content (AvgIpc) is 2.53. The number of carbonyl (C=O) groups excluding carboxylic acids is 1. The number of benzene rings is 1. The fraction of sp³-hybridized carbons (Fsp3) is 0.533. The summed E-state index contributed by atoms with van der Waals surface area (Å²) in [6, 6.07) is 5.71. The molecule has 5 heteroatoms. The van der Waals surface area contributed by atoms with Crippen LogP contribution >= 0.6 is 0 Å². The largest absolute Gasteiger partial charge is 0.497 e. The van der Waals surface area contributed by atoms with Gasteiger partial charge in [-0.2, -0.15) is 0 Å². The summed E-state index contributed by atoms with van der Waals surface area (Å²) in [5, 5.41) is 0. The van der Waals surface area contributed by atoms with E-state index in [1.807, 2.05) is 23.1 Å². The first-order valence-electron chi connectivity index (χ1n) is 6.80. The fourth-order valence-corrected chi connectivity index (χ4v) is 2.23. The maximum Gasteiger partial charge on any atom is 0.223 e. The molecule has 1 amide bonds. The highest BCUT2D eigenvalue weighted by Gasteiger charge is 2.16. The number of hydrogen-bond acceptors (Lipinski definition) is 4. The van der Waals surface area contributed by atoms with Crippen molar-refractivity contribution in [2.75, 3.05) is 40.5 Å². The Balaban J connectivity index is 1.94. The van der Waals surface area contributed by atoms with Gasteiger partial charge in [-0.05, 0) is 24.1 Å². The standard InChI is InChI=1S/C15H21NO4/c1-18-13-9-12(10-14(11-13)19-2)3-4-15(17)16-5-7-20-8-6-16/h9-11H,3-8H2,1-2H3. The molecule has 0 N–H and O–H groups in total. The summed E-state index contributed by atoms with van der Waals surface area (Å²) in [6.07, 6.45) is 1.18. The van der Waals surface area contributed by atoms with Gasteiger partial charge in [-0.1, -0.05) is 0 Å². The molecule has 1 aromatic carbocycles. The maximum atomic E-state index is 12.1. The van der Waals surface area contributed by atoms with Gasteiger partial charge in [0.2, 0.25) is 5.91 Å². The second kappa shape index (κ2) is 7.14. The van der Waals surface area contributed by atoms with Crippen LogP contribution in [0.4, 0.5) is 0 Å². The second-order valence-electron chi connectivity index (χ2n) is 4.71. The molecule has 0 spiro atoms. The van der Waals surface area contributed by atoms with Crippen LogP contribution in [0.1, 0.15) is 12.0 Å². The first-order chi connectivity index (χ1) is 9.72. The summed E-state index contributed by atoms with van der Waals surface area (Å²) in [4.78, 5) is 14.0. The van der Waals surface area contributed by atoms with E-state index >= 15 is 0 Å². The molecule has 1 aromatic rings. The molecule has 1 saturated heterocycles. The lowest BCUT2D eigenvalue weighted by atomic mass is 10.1. The van der Waals surface area contributed by atoms with Gasteiger partial charge in [0.25, 0.3) is 0 Å². The van der Waals surface area contributed by atoms with Crippen molar-refractivity contribution in [1.82, 2.24) is 4.90 Å². The molecule has 2 rings (SSSR count). The van der Waals surface area contributed by atoms with Crippen molar-refractivity contribution in [3.05, 3.63) is 23.8 Å². The minimum absolute atomic E-state index is 0.176. The molecule has 0 saturated carbocycles. The van der Waals surface area contributed by atoms with Crippen molar-refractivity contribution in [3.63, 3.8) is 0 Å². The summed E-state index contributed by atoms with van der Waals surface area (Å²) in [5.74, 6) is 1.67. The lowest BCUT2D eigenvalue weighted by Crippen LogP contribution is -2.40. The maximum absolute atomic E-state index is 12.1. The van der Waals surface area contributed by atoms with Crippen LogP contribution in [-0.2, 0) is 16.0 Å². The minimum Gasteiger partial charge on any atom is -0.497 e. The van der Waals surface area contributed by atoms with E-state index in [0.717, 1.165) is 17.1 Å². The van der Waals surface area contributed by atoms with Gasteiger partial charge in [-0.25, -0.2) is 0 Å². The van der Waals surface area contributed by atoms with Crippen LogP contribution in [0.5, 0.6) is 11.5 Å². The van der Waals surface area contributed by atoms with Crippen LogP contribution in [-0.4, -0.2) is 51.3 Å². The lowest BCUT2D eigenvalue weighted by Gasteiger charge is -2.26. The molecule has 0 aromatic heterocycles. The van der Waals surface area contributed by atoms with Crippen LogP contribution in [0.2, 0.25) is 0 Å². The molecular formula is C15H21NO4. The topological polar surface area (TPSA) is 48.0 Å². The highest BCUT2D eigenvalue weighted by molar-refractivity contribution is 5.76. The van der Waals surface area contributed by atoms with E-state index in [-0.39, 0.29) is 5.91 Å². The van der Waals surface area contributed by atoms with Crippen molar-refractivity contribution in [2.24, 2.45) is 0 Å². The smallest absolute Gasteiger partial charge is 0.223 e. The number of carbonyl (C=O) groups is 1. The number of nitrogens with zero attached hydrogens (tertiary/aromatic N) is 1. The first-order valence-corrected chi connectivity index (χ1v) is 6.80. The molecule has 0 bridgehead atoms. The Morgan fingerprint density at radius 1 is 1.15 bits per heavy atom. The van der Waals surface area contributed by atoms with E-state index < -0.39 is 0 Å². The van der Waals surface area contributed by atoms with Gasteiger partial charge in [0.15, 0.2) is 0 Å². The van der Waals surface area contributed by atoms with Crippen LogP contribution in [0.25, 0.3) is 0 Å². The zero-order chi connectivity index (χ0) is 14.4. The Morgan fingerprint density at radius 2 is 1.75 bits per heavy atom. The Hall–Kier alpha value is -1.75. The van der Waals surface area contributed by atoms with E-state index in [1.165, 1.54) is 0 Å². The summed E-state index contributed by atoms with van der Waals surface area (Å²) < 4.78 is 15.7. The SMILES string of the molecule is COc1cc(CCC(=O)N2CCOCC2)cc(OC)c1. The van der Waals surface area contributed by atoms with Crippen molar-refractivity contribution < 1.29 is 19.0 Å². The number of hydrogen-bond donors (Lipinski definition) is 0. The number of amides is 1. The molecule has 0 radical (unpaired) electrons. The van der Waals surface area contributed by atoms with Crippen LogP contribution in [0, 0.1) is 0 Å². The van der Waals surface area contributed by atoms with Crippen molar-refractivity contribution in [2.45, 2.75) is 12.8 Å². The van der Waals surface area contributed by atoms with Crippen LogP contribution in [0.3, 0.4) is 0 Å². The summed E-state index contributed by atoms with van der Waals surface area (Å²) in [6.45, 7) is 2.66. The molecule has 110 valence electrons. The molecule has 5 nitrogen and oxygen atoms in total. The Labute approximate surface area is 119 Å². The van der Waals surface area contributed by atoms with E-state index in [2.05, 4.69) is 0 Å². The molecule has 1 aliphatic heterocycles. The highest BCUT2D eigenvalue weighted by atomic mass is 16.5. The van der Waals surface area contributed by atoms with Gasteiger partial charge >= 0.3 is 0 Å². The average molecular weight is 279 g/mol. The lowest BCUT2D eigenvalue weighted by molar-refractivity contribution is -0.135. The Bertz CT molecular complexity index is 433. The zero-order valence-electron chi connectivity index (χ0n) is 12.1. The summed E-state index contributed by atoms with van der Waals surface area (Å²) >= 11 is 0. The molecule has 20 heavy (non-hydrogen) atoms. The van der Waals surface area contributed by atoms with Crippen molar-refractivity contribution in [3.8, 4) is 11.5 Å². The van der Waals surface area contributed by atoms with Gasteiger partial charge in [-0.3, -0.25) is 4.79 Å².